The van der Waals surface area contributed by atoms with Gasteiger partial charge >= 0.3 is 0 Å². The highest BCUT2D eigenvalue weighted by Gasteiger charge is 2.41. The number of benzene rings is 2. The average Bonchev–Trinajstić information content (AvgIpc) is 3.23. The Balaban J connectivity index is 1.61. The number of amides is 1. The minimum atomic E-state index is -3.98. The van der Waals surface area contributed by atoms with E-state index in [0.29, 0.717) is 47.2 Å². The van der Waals surface area contributed by atoms with Gasteiger partial charge in [-0.25, -0.2) is 0 Å². The number of ether oxygens (including phenoxy) is 2. The maximum absolute atomic E-state index is 13.3. The second-order valence-corrected chi connectivity index (χ2v) is 9.89. The van der Waals surface area contributed by atoms with E-state index in [1.54, 1.807) is 19.1 Å². The van der Waals surface area contributed by atoms with Gasteiger partial charge in [-0.15, -0.1) is 0 Å². The van der Waals surface area contributed by atoms with E-state index in [1.165, 1.54) is 30.5 Å². The molecule has 0 spiro atoms. The lowest BCUT2D eigenvalue weighted by Crippen LogP contribution is -2.44. The molecule has 5 rings (SSSR count). The van der Waals surface area contributed by atoms with E-state index in [0.717, 1.165) is 15.2 Å². The molecule has 0 aliphatic carbocycles. The Morgan fingerprint density at radius 1 is 1.09 bits per heavy atom. The molecule has 3 aromatic rings. The van der Waals surface area contributed by atoms with Crippen molar-refractivity contribution in [2.45, 2.75) is 23.8 Å². The Labute approximate surface area is 190 Å². The first-order chi connectivity index (χ1) is 15.3. The van der Waals surface area contributed by atoms with Crippen LogP contribution in [0.5, 0.6) is 11.5 Å². The number of hydrogen-bond acceptors (Lipinski definition) is 6. The Kier molecular flexibility index (Phi) is 4.90. The maximum Gasteiger partial charge on any atom is 0.283 e. The summed E-state index contributed by atoms with van der Waals surface area (Å²) in [6.45, 7) is 0.528. The molecule has 1 aromatic heterocycles. The second kappa shape index (κ2) is 7.53. The lowest BCUT2D eigenvalue weighted by molar-refractivity contribution is 0.0629. The summed E-state index contributed by atoms with van der Waals surface area (Å²) in [4.78, 5) is 15.1. The zero-order valence-electron chi connectivity index (χ0n) is 17.4. The largest absolute Gasteiger partial charge is 0.493 e. The second-order valence-electron chi connectivity index (χ2n) is 7.68. The first-order valence-corrected chi connectivity index (χ1v) is 11.8. The summed E-state index contributed by atoms with van der Waals surface area (Å²) in [5.41, 5.74) is 2.65. The van der Waals surface area contributed by atoms with Gasteiger partial charge in [-0.2, -0.15) is 17.6 Å². The van der Waals surface area contributed by atoms with Crippen molar-refractivity contribution in [3.63, 3.8) is 0 Å². The van der Waals surface area contributed by atoms with E-state index >= 15 is 0 Å². The van der Waals surface area contributed by atoms with Gasteiger partial charge in [0.25, 0.3) is 15.9 Å². The lowest BCUT2D eigenvalue weighted by atomic mass is 9.86. The van der Waals surface area contributed by atoms with Crippen molar-refractivity contribution in [2.75, 3.05) is 20.8 Å². The van der Waals surface area contributed by atoms with Crippen LogP contribution in [0.4, 0.5) is 0 Å². The summed E-state index contributed by atoms with van der Waals surface area (Å²) in [7, 11) is -0.847. The molecular weight excluding hydrogens is 454 g/mol. The van der Waals surface area contributed by atoms with Gasteiger partial charge in [0.15, 0.2) is 11.5 Å². The fourth-order valence-corrected chi connectivity index (χ4v) is 5.91. The first-order valence-electron chi connectivity index (χ1n) is 9.99. The minimum Gasteiger partial charge on any atom is -0.493 e. The molecule has 0 bridgehead atoms. The number of rotatable bonds is 4. The molecule has 32 heavy (non-hydrogen) atoms. The summed E-state index contributed by atoms with van der Waals surface area (Å²) in [5, 5.41) is 4.53. The van der Waals surface area contributed by atoms with Gasteiger partial charge in [0.1, 0.15) is 0 Å². The standard InChI is InChI=1S/C22H20ClN3O5S/c1-30-20-9-13-7-8-25-18(16(13)10-21(20)31-2)11-19-17(22(25)27)12-24-26(19)32(28,29)15-5-3-14(23)4-6-15/h3-6,9-10,12,18H,7-8,11H2,1-2H3/t18-/m1/s1. The van der Waals surface area contributed by atoms with Crippen LogP contribution in [0.15, 0.2) is 47.5 Å². The quantitative estimate of drug-likeness (QED) is 0.578. The van der Waals surface area contributed by atoms with E-state index < -0.39 is 10.0 Å². The van der Waals surface area contributed by atoms with E-state index in [2.05, 4.69) is 5.10 Å². The van der Waals surface area contributed by atoms with Gasteiger partial charge in [-0.05, 0) is 53.9 Å². The van der Waals surface area contributed by atoms with Crippen molar-refractivity contribution < 1.29 is 22.7 Å². The fraction of sp³-hybridized carbons (Fsp3) is 0.273. The first kappa shape index (κ1) is 20.8. The third-order valence-corrected chi connectivity index (χ3v) is 7.94. The number of carbonyl (C=O) groups is 1. The van der Waals surface area contributed by atoms with Crippen molar-refractivity contribution in [1.82, 2.24) is 14.1 Å². The Morgan fingerprint density at radius 3 is 2.47 bits per heavy atom. The molecule has 0 radical (unpaired) electrons. The molecule has 0 unspecified atom stereocenters. The van der Waals surface area contributed by atoms with Crippen molar-refractivity contribution >= 4 is 27.5 Å². The summed E-state index contributed by atoms with van der Waals surface area (Å²) < 4.78 is 38.4. The van der Waals surface area contributed by atoms with Crippen LogP contribution in [0.2, 0.25) is 5.02 Å². The van der Waals surface area contributed by atoms with Crippen molar-refractivity contribution in [2.24, 2.45) is 0 Å². The van der Waals surface area contributed by atoms with Crippen LogP contribution >= 0.6 is 11.6 Å². The number of nitrogens with zero attached hydrogens (tertiary/aromatic N) is 3. The Morgan fingerprint density at radius 2 is 1.78 bits per heavy atom. The Bertz CT molecular complexity index is 1330. The number of aromatic nitrogens is 2. The van der Waals surface area contributed by atoms with Crippen molar-refractivity contribution in [1.29, 1.82) is 0 Å². The molecule has 166 valence electrons. The van der Waals surface area contributed by atoms with Gasteiger partial charge in [0, 0.05) is 18.0 Å². The highest BCUT2D eigenvalue weighted by Crippen LogP contribution is 2.42. The number of halogens is 1. The average molecular weight is 474 g/mol. The fourth-order valence-electron chi connectivity index (χ4n) is 4.47. The van der Waals surface area contributed by atoms with Crippen LogP contribution in [0.25, 0.3) is 0 Å². The van der Waals surface area contributed by atoms with Crippen LogP contribution in [0, 0.1) is 0 Å². The molecular formula is C22H20ClN3O5S. The SMILES string of the molecule is COc1cc2c(cc1OC)[C@H]1Cc3c(cnn3S(=O)(=O)c3ccc(Cl)cc3)C(=O)N1CC2. The molecule has 10 heteroatoms. The van der Waals surface area contributed by atoms with E-state index in [1.807, 2.05) is 12.1 Å². The zero-order chi connectivity index (χ0) is 22.6. The molecule has 1 amide bonds. The highest BCUT2D eigenvalue weighted by atomic mass is 35.5. The predicted molar refractivity (Wildman–Crippen MR) is 117 cm³/mol. The van der Waals surface area contributed by atoms with Gasteiger partial charge in [0.05, 0.1) is 42.6 Å². The molecule has 2 aromatic carbocycles. The van der Waals surface area contributed by atoms with Crippen LogP contribution in [-0.2, 0) is 22.9 Å². The summed E-state index contributed by atoms with van der Waals surface area (Å²) in [6.07, 6.45) is 2.33. The van der Waals surface area contributed by atoms with Crippen LogP contribution in [-0.4, -0.2) is 49.2 Å². The topological polar surface area (TPSA) is 90.7 Å². The van der Waals surface area contributed by atoms with Gasteiger partial charge in [-0.3, -0.25) is 4.79 Å². The molecule has 3 heterocycles. The molecule has 2 aliphatic rings. The van der Waals surface area contributed by atoms with Crippen LogP contribution in [0.3, 0.4) is 0 Å². The lowest BCUT2D eigenvalue weighted by Gasteiger charge is -2.40. The molecule has 0 N–H and O–H groups in total. The number of carbonyl (C=O) groups excluding carboxylic acids is 1. The minimum absolute atomic E-state index is 0.0538. The molecule has 0 saturated carbocycles. The summed E-state index contributed by atoms with van der Waals surface area (Å²) in [5.74, 6) is 0.959. The van der Waals surface area contributed by atoms with Crippen molar-refractivity contribution in [3.05, 3.63) is 70.0 Å². The third-order valence-electron chi connectivity index (χ3n) is 6.05. The summed E-state index contributed by atoms with van der Waals surface area (Å²) >= 11 is 5.91. The molecule has 8 nitrogen and oxygen atoms in total. The number of methoxy groups -OCH3 is 2. The van der Waals surface area contributed by atoms with Crippen LogP contribution in [0.1, 0.15) is 33.2 Å². The molecule has 0 fully saturated rings. The smallest absolute Gasteiger partial charge is 0.283 e. The predicted octanol–water partition coefficient (Wildman–Crippen LogP) is 3.09. The number of hydrogen-bond donors (Lipinski definition) is 0. The molecule has 1 atom stereocenters. The van der Waals surface area contributed by atoms with E-state index in [-0.39, 0.29) is 16.8 Å². The maximum atomic E-state index is 13.3. The van der Waals surface area contributed by atoms with Gasteiger partial charge in [0.2, 0.25) is 0 Å². The zero-order valence-corrected chi connectivity index (χ0v) is 19.0. The third kappa shape index (κ3) is 3.07. The van der Waals surface area contributed by atoms with Gasteiger partial charge < -0.3 is 14.4 Å². The van der Waals surface area contributed by atoms with Crippen LogP contribution < -0.4 is 9.47 Å². The van der Waals surface area contributed by atoms with E-state index in [9.17, 15) is 13.2 Å². The Hall–Kier alpha value is -3.04. The highest BCUT2D eigenvalue weighted by molar-refractivity contribution is 7.89. The number of fused-ring (bicyclic) bond motifs is 4. The van der Waals surface area contributed by atoms with Gasteiger partial charge in [-0.1, -0.05) is 11.6 Å². The molecule has 2 aliphatic heterocycles. The normalized spacial score (nSPS) is 17.4. The monoisotopic (exact) mass is 473 g/mol. The van der Waals surface area contributed by atoms with E-state index in [4.69, 9.17) is 21.1 Å². The molecule has 0 saturated heterocycles. The van der Waals surface area contributed by atoms with Crippen molar-refractivity contribution in [3.8, 4) is 11.5 Å². The summed E-state index contributed by atoms with van der Waals surface area (Å²) in [6, 6.07) is 9.34.